The number of hydrogen-bond acceptors (Lipinski definition) is 20. The summed E-state index contributed by atoms with van der Waals surface area (Å²) in [5, 5.41) is 6.36. The van der Waals surface area contributed by atoms with Crippen LogP contribution < -0.4 is 31.6 Å². The second kappa shape index (κ2) is 29.6. The number of carbonyl (C=O) groups excluding carboxylic acids is 1. The third-order valence-corrected chi connectivity index (χ3v) is 16.8. The number of anilines is 3. The molecule has 6 N–H and O–H groups in total. The number of ether oxygens (including phenoxy) is 1. The first-order valence-corrected chi connectivity index (χ1v) is 33.5. The van der Waals surface area contributed by atoms with Crippen molar-refractivity contribution in [2.45, 2.75) is 109 Å². The molecule has 3 aliphatic rings. The van der Waals surface area contributed by atoms with Gasteiger partial charge in [0.05, 0.1) is 39.7 Å². The average molecular weight is 1300 g/mol. The fourth-order valence-electron chi connectivity index (χ4n) is 11.1. The number of nitrogens with two attached hydrogens (primary N) is 1. The van der Waals surface area contributed by atoms with E-state index < -0.39 is 58.2 Å². The van der Waals surface area contributed by atoms with Crippen LogP contribution in [0.1, 0.15) is 112 Å². The van der Waals surface area contributed by atoms with Crippen molar-refractivity contribution in [1.29, 1.82) is 0 Å². The van der Waals surface area contributed by atoms with Crippen molar-refractivity contribution < 1.29 is 65.3 Å². The van der Waals surface area contributed by atoms with E-state index in [9.17, 15) is 35.5 Å². The summed E-state index contributed by atoms with van der Waals surface area (Å²) in [6.07, 6.45) is 14.7. The molecule has 4 heterocycles. The molecule has 1 atom stereocenters. The van der Waals surface area contributed by atoms with Crippen molar-refractivity contribution in [1.82, 2.24) is 25.3 Å². The number of rotatable bonds is 22. The van der Waals surface area contributed by atoms with E-state index in [2.05, 4.69) is 116 Å². The van der Waals surface area contributed by atoms with Crippen LogP contribution >= 0.6 is 0 Å². The number of aromatic nitrogens is 4. The van der Waals surface area contributed by atoms with Gasteiger partial charge in [-0.1, -0.05) is 68.5 Å². The molecular weight excluding hydrogens is 1230 g/mol. The quantitative estimate of drug-likeness (QED) is 0.0252. The maximum atomic E-state index is 13.4. The number of fused-ring (bicyclic) bond motifs is 3. The number of allylic oxidation sites excluding steroid dienone is 7. The highest BCUT2D eigenvalue weighted by Gasteiger charge is 2.44. The number of aromatic amines is 1. The lowest BCUT2D eigenvalue weighted by atomic mass is 9.81. The lowest BCUT2D eigenvalue weighted by Crippen LogP contribution is -2.34. The van der Waals surface area contributed by atoms with E-state index in [0.29, 0.717) is 55.8 Å². The van der Waals surface area contributed by atoms with Crippen molar-refractivity contribution in [2.75, 3.05) is 40.5 Å². The van der Waals surface area contributed by atoms with Crippen LogP contribution in [0, 0.1) is 0 Å². The van der Waals surface area contributed by atoms with Gasteiger partial charge in [-0.3, -0.25) is 19.1 Å². The fraction of sp³-hybridized carbons (Fsp3) is 0.344. The highest BCUT2D eigenvalue weighted by atomic mass is 32.2. The minimum atomic E-state index is -4.34. The number of nitrogens with one attached hydrogen (secondary N) is 3. The Hall–Kier alpha value is -8.54. The number of unbranched alkanes of at least 4 members (excludes halogenated alkanes) is 2. The van der Waals surface area contributed by atoms with Crippen LogP contribution in [0.25, 0.3) is 11.2 Å². The normalized spacial score (nSPS) is 16.3. The first kappa shape index (κ1) is 68.0. The Kier molecular flexibility index (Phi) is 22.6. The molecule has 4 aromatic carbocycles. The molecule has 0 radical (unpaired) electrons. The SMILES string of the molecule is C[C@@H](Cc1ccc(OC2=C(C=CC3=[N+](CCCCS(=O)(=O)O)c4ccccc4C3(C)C)CCCC2=CC=C2N(CCCCS(=O)(=O)[O-])c3ccccc3C2(C)C)cc1)NC(=O)c1ccc(NCc2cnc3nc(N)[nH]c(=O)c3n2)cc1.O=S(=O)=O.O=S(=O)=O. The Morgan fingerprint density at radius 2 is 1.48 bits per heavy atom. The molecule has 28 heteroatoms. The lowest BCUT2D eigenvalue weighted by molar-refractivity contribution is -0.438. The number of H-pyrrole nitrogens is 1. The van der Waals surface area contributed by atoms with Crippen LogP contribution in [0.3, 0.4) is 0 Å². The summed E-state index contributed by atoms with van der Waals surface area (Å²) < 4.78 is 127. The summed E-state index contributed by atoms with van der Waals surface area (Å²) in [4.78, 5) is 43.0. The Bertz CT molecular complexity index is 4280. The molecular formula is C61H69N9O15S4. The number of hydrogen-bond donors (Lipinski definition) is 5. The van der Waals surface area contributed by atoms with Gasteiger partial charge in [0.15, 0.2) is 16.9 Å². The molecule has 24 nitrogen and oxygen atoms in total. The van der Waals surface area contributed by atoms with Crippen molar-refractivity contribution in [3.63, 3.8) is 0 Å². The highest BCUT2D eigenvalue weighted by Crippen LogP contribution is 2.48. The molecule has 9 rings (SSSR count). The topological polar surface area (TPSA) is 368 Å². The lowest BCUT2D eigenvalue weighted by Gasteiger charge is -2.28. The Balaban J connectivity index is 0.00000133. The predicted octanol–water partition coefficient (Wildman–Crippen LogP) is 7.31. The van der Waals surface area contributed by atoms with E-state index >= 15 is 0 Å². The monoisotopic (exact) mass is 1300 g/mol. The third kappa shape index (κ3) is 18.7. The van der Waals surface area contributed by atoms with E-state index in [1.165, 1.54) is 6.20 Å². The van der Waals surface area contributed by atoms with Gasteiger partial charge in [-0.15, -0.1) is 25.3 Å². The first-order valence-electron chi connectivity index (χ1n) is 28.3. The largest absolute Gasteiger partial charge is 0.748 e. The Labute approximate surface area is 519 Å². The van der Waals surface area contributed by atoms with Gasteiger partial charge < -0.3 is 30.6 Å². The molecule has 1 aliphatic carbocycles. The van der Waals surface area contributed by atoms with Gasteiger partial charge in [0, 0.05) is 70.5 Å². The Morgan fingerprint density at radius 3 is 2.16 bits per heavy atom. The molecule has 2 aromatic heterocycles. The number of benzene rings is 4. The van der Waals surface area contributed by atoms with Crippen LogP contribution in [0.15, 0.2) is 155 Å². The van der Waals surface area contributed by atoms with E-state index in [1.807, 2.05) is 55.5 Å². The van der Waals surface area contributed by atoms with E-state index in [1.54, 1.807) is 24.3 Å². The standard InChI is InChI=1S/C61H69N9O9S2.2O3S/c1-40(65-57(71)44-23-27-45(28-24-44)63-38-46-39-64-56-54(66-46)58(72)68-59(62)67-56)37-41-21-29-47(30-22-41)79-55-42(25-31-52-60(2,3)48-17-6-8-19-50(48)69(52)33-10-12-35-80(73,74)75)15-14-16-43(55)26-32-53-61(4,5)49-18-7-9-20-51(49)70(53)34-11-13-36-81(76,77)78;2*1-4(2)3/h6-9,17-32,39-40H,10-16,33-38H2,1-5H3,(H6-,62,63,64,65,67,68,71,72,73,74,75,76,77,78);;/t40-;;/m0../s1. The average Bonchev–Trinajstić information content (AvgIpc) is 1.83. The molecule has 89 heavy (non-hydrogen) atoms. The summed E-state index contributed by atoms with van der Waals surface area (Å²) in [6, 6.07) is 31.3. The van der Waals surface area contributed by atoms with Crippen LogP contribution in [0.2, 0.25) is 0 Å². The second-order valence-corrected chi connectivity index (χ2v) is 26.3. The van der Waals surface area contributed by atoms with Gasteiger partial charge in [-0.25, -0.2) is 18.4 Å². The van der Waals surface area contributed by atoms with Crippen LogP contribution in [0.4, 0.5) is 23.0 Å². The Morgan fingerprint density at radius 1 is 0.831 bits per heavy atom. The molecule has 0 fully saturated rings. The zero-order chi connectivity index (χ0) is 64.8. The second-order valence-electron chi connectivity index (χ2n) is 22.4. The summed E-state index contributed by atoms with van der Waals surface area (Å²) in [5.74, 6) is 0.411. The van der Waals surface area contributed by atoms with E-state index in [-0.39, 0.29) is 53.2 Å². The number of nitrogens with zero attached hydrogens (tertiary/aromatic N) is 5. The zero-order valence-corrected chi connectivity index (χ0v) is 52.8. The van der Waals surface area contributed by atoms with Crippen LogP contribution in [0.5, 0.6) is 5.75 Å². The molecule has 0 unspecified atom stereocenters. The number of carbonyl (C=O) groups is 1. The molecule has 1 amide bonds. The van der Waals surface area contributed by atoms with Gasteiger partial charge in [-0.2, -0.15) is 18.0 Å². The first-order chi connectivity index (χ1) is 42.0. The smallest absolute Gasteiger partial charge is 0.425 e. The predicted molar refractivity (Wildman–Crippen MR) is 335 cm³/mol. The number of nitrogen functional groups attached to an aromatic ring is 1. The van der Waals surface area contributed by atoms with Gasteiger partial charge >= 0.3 is 21.2 Å². The summed E-state index contributed by atoms with van der Waals surface area (Å²) in [5.41, 5.74) is 15.9. The molecule has 0 saturated heterocycles. The highest BCUT2D eigenvalue weighted by molar-refractivity contribution is 7.85. The van der Waals surface area contributed by atoms with Gasteiger partial charge in [0.1, 0.15) is 18.1 Å². The van der Waals surface area contributed by atoms with Crippen molar-refractivity contribution >= 4 is 87.2 Å². The maximum Gasteiger partial charge on any atom is 0.425 e. The molecule has 0 saturated carbocycles. The van der Waals surface area contributed by atoms with Crippen LogP contribution in [-0.4, -0.2) is 118 Å². The molecule has 0 spiro atoms. The summed E-state index contributed by atoms with van der Waals surface area (Å²) in [7, 11) is -14.6. The van der Waals surface area contributed by atoms with E-state index in [0.717, 1.165) is 81.3 Å². The molecule has 472 valence electrons. The van der Waals surface area contributed by atoms with Gasteiger partial charge in [0.25, 0.3) is 21.6 Å². The van der Waals surface area contributed by atoms with Crippen LogP contribution in [-0.2, 0) is 65.2 Å². The number of amides is 1. The summed E-state index contributed by atoms with van der Waals surface area (Å²) in [6.45, 7) is 12.1. The molecule has 0 bridgehead atoms. The zero-order valence-electron chi connectivity index (χ0n) is 49.5. The van der Waals surface area contributed by atoms with E-state index in [4.69, 9.17) is 35.7 Å². The van der Waals surface area contributed by atoms with Crippen molar-refractivity contribution in [2.24, 2.45) is 0 Å². The third-order valence-electron chi connectivity index (χ3n) is 15.2. The van der Waals surface area contributed by atoms with Gasteiger partial charge in [0.2, 0.25) is 11.6 Å². The fourth-order valence-corrected chi connectivity index (χ4v) is 12.2. The number of para-hydroxylation sites is 2. The molecule has 6 aromatic rings. The maximum absolute atomic E-state index is 13.4. The molecule has 2 aliphatic heterocycles. The summed E-state index contributed by atoms with van der Waals surface area (Å²) >= 11 is 0. The minimum absolute atomic E-state index is 0.0335. The van der Waals surface area contributed by atoms with Crippen molar-refractivity contribution in [3.8, 4) is 5.75 Å². The minimum Gasteiger partial charge on any atom is -0.748 e. The van der Waals surface area contributed by atoms with Crippen molar-refractivity contribution in [3.05, 3.63) is 188 Å². The van der Waals surface area contributed by atoms with Gasteiger partial charge in [-0.05, 0) is 143 Å².